The third kappa shape index (κ3) is 2.75. The second-order valence-electron chi connectivity index (χ2n) is 5.74. The third-order valence-corrected chi connectivity index (χ3v) is 4.19. The first kappa shape index (κ1) is 13.3. The topological polar surface area (TPSA) is 56.7 Å². The lowest BCUT2D eigenvalue weighted by molar-refractivity contribution is 0.461. The van der Waals surface area contributed by atoms with Crippen LogP contribution in [-0.2, 0) is 6.42 Å². The van der Waals surface area contributed by atoms with E-state index in [0.29, 0.717) is 6.04 Å². The zero-order valence-corrected chi connectivity index (χ0v) is 12.0. The lowest BCUT2D eigenvalue weighted by Crippen LogP contribution is -2.17. The summed E-state index contributed by atoms with van der Waals surface area (Å²) in [5.74, 6) is 0. The van der Waals surface area contributed by atoms with Crippen molar-refractivity contribution in [3.8, 4) is 0 Å². The molecule has 0 aliphatic heterocycles. The first-order chi connectivity index (χ1) is 9.74. The van der Waals surface area contributed by atoms with Gasteiger partial charge in [0.1, 0.15) is 0 Å². The van der Waals surface area contributed by atoms with E-state index in [1.54, 1.807) is 6.20 Å². The molecule has 2 aromatic rings. The van der Waals surface area contributed by atoms with Gasteiger partial charge >= 0.3 is 0 Å². The second kappa shape index (κ2) is 5.75. The quantitative estimate of drug-likeness (QED) is 0.929. The van der Waals surface area contributed by atoms with Gasteiger partial charge in [-0.2, -0.15) is 5.10 Å². The SMILES string of the molecule is Cc1cccnc1C(N)Cc1ccn(C2CCCC2)n1. The fourth-order valence-electron chi connectivity index (χ4n) is 3.07. The average Bonchev–Trinajstić information content (AvgIpc) is 3.09. The molecule has 0 spiro atoms. The van der Waals surface area contributed by atoms with Gasteiger partial charge < -0.3 is 5.73 Å². The molecule has 106 valence electrons. The maximum atomic E-state index is 6.28. The maximum absolute atomic E-state index is 6.28. The van der Waals surface area contributed by atoms with Crippen molar-refractivity contribution in [3.63, 3.8) is 0 Å². The molecular formula is C16H22N4. The molecule has 3 rings (SSSR count). The molecule has 2 N–H and O–H groups in total. The molecule has 1 atom stereocenters. The summed E-state index contributed by atoms with van der Waals surface area (Å²) in [6, 6.07) is 6.61. The van der Waals surface area contributed by atoms with Crippen LogP contribution in [0, 0.1) is 6.92 Å². The Morgan fingerprint density at radius 3 is 2.90 bits per heavy atom. The summed E-state index contributed by atoms with van der Waals surface area (Å²) >= 11 is 0. The number of pyridine rings is 1. The van der Waals surface area contributed by atoms with Gasteiger partial charge in [0.2, 0.25) is 0 Å². The largest absolute Gasteiger partial charge is 0.322 e. The van der Waals surface area contributed by atoms with Crippen molar-refractivity contribution >= 4 is 0 Å². The summed E-state index contributed by atoms with van der Waals surface area (Å²) in [7, 11) is 0. The summed E-state index contributed by atoms with van der Waals surface area (Å²) in [4.78, 5) is 4.40. The average molecular weight is 270 g/mol. The molecule has 0 saturated heterocycles. The third-order valence-electron chi connectivity index (χ3n) is 4.19. The second-order valence-corrected chi connectivity index (χ2v) is 5.74. The molecule has 0 bridgehead atoms. The van der Waals surface area contributed by atoms with Crippen LogP contribution in [0.1, 0.15) is 54.7 Å². The lowest BCUT2D eigenvalue weighted by atomic mass is 10.0. The van der Waals surface area contributed by atoms with Crippen molar-refractivity contribution in [2.24, 2.45) is 5.73 Å². The van der Waals surface area contributed by atoms with E-state index < -0.39 is 0 Å². The fourth-order valence-corrected chi connectivity index (χ4v) is 3.07. The smallest absolute Gasteiger partial charge is 0.0644 e. The molecule has 20 heavy (non-hydrogen) atoms. The van der Waals surface area contributed by atoms with Gasteiger partial charge in [0.25, 0.3) is 0 Å². The minimum absolute atomic E-state index is 0.0804. The van der Waals surface area contributed by atoms with E-state index in [9.17, 15) is 0 Å². The Balaban J connectivity index is 1.70. The predicted molar refractivity (Wildman–Crippen MR) is 79.3 cm³/mol. The Hall–Kier alpha value is -1.68. The normalized spacial score (nSPS) is 17.5. The van der Waals surface area contributed by atoms with Crippen LogP contribution in [-0.4, -0.2) is 14.8 Å². The minimum atomic E-state index is -0.0804. The molecular weight excluding hydrogens is 248 g/mol. The molecule has 4 nitrogen and oxygen atoms in total. The number of hydrogen-bond donors (Lipinski definition) is 1. The highest BCUT2D eigenvalue weighted by molar-refractivity contribution is 5.22. The standard InChI is InChI=1S/C16H22N4/c1-12-5-4-9-18-16(12)15(17)11-13-8-10-20(19-13)14-6-2-3-7-14/h4-5,8-10,14-15H,2-3,6-7,11,17H2,1H3. The molecule has 1 saturated carbocycles. The Kier molecular flexibility index (Phi) is 3.83. The number of aryl methyl sites for hydroxylation is 1. The Labute approximate surface area is 120 Å². The van der Waals surface area contributed by atoms with Gasteiger partial charge in [0.15, 0.2) is 0 Å². The molecule has 2 heterocycles. The molecule has 1 aliphatic carbocycles. The Bertz CT molecular complexity index is 569. The van der Waals surface area contributed by atoms with Crippen LogP contribution < -0.4 is 5.73 Å². The van der Waals surface area contributed by atoms with Gasteiger partial charge in [-0.3, -0.25) is 9.67 Å². The van der Waals surface area contributed by atoms with Crippen molar-refractivity contribution in [1.29, 1.82) is 0 Å². The van der Waals surface area contributed by atoms with E-state index >= 15 is 0 Å². The predicted octanol–water partition coefficient (Wildman–Crippen LogP) is 2.94. The first-order valence-corrected chi connectivity index (χ1v) is 7.45. The van der Waals surface area contributed by atoms with Crippen LogP contribution >= 0.6 is 0 Å². The fraction of sp³-hybridized carbons (Fsp3) is 0.500. The van der Waals surface area contributed by atoms with Crippen molar-refractivity contribution in [1.82, 2.24) is 14.8 Å². The molecule has 0 amide bonds. The van der Waals surface area contributed by atoms with Crippen LogP contribution in [0.3, 0.4) is 0 Å². The molecule has 2 aromatic heterocycles. The van der Waals surface area contributed by atoms with E-state index in [0.717, 1.165) is 23.4 Å². The Morgan fingerprint density at radius 1 is 1.35 bits per heavy atom. The summed E-state index contributed by atoms with van der Waals surface area (Å²) in [5, 5.41) is 4.70. The highest BCUT2D eigenvalue weighted by Gasteiger charge is 2.18. The highest BCUT2D eigenvalue weighted by atomic mass is 15.3. The first-order valence-electron chi connectivity index (χ1n) is 7.45. The van der Waals surface area contributed by atoms with Crippen LogP contribution in [0.15, 0.2) is 30.6 Å². The van der Waals surface area contributed by atoms with Crippen LogP contribution in [0.2, 0.25) is 0 Å². The van der Waals surface area contributed by atoms with Crippen molar-refractivity contribution in [3.05, 3.63) is 47.5 Å². The zero-order chi connectivity index (χ0) is 13.9. The number of nitrogens with zero attached hydrogens (tertiary/aromatic N) is 3. The summed E-state index contributed by atoms with van der Waals surface area (Å²) < 4.78 is 2.13. The van der Waals surface area contributed by atoms with Crippen molar-refractivity contribution < 1.29 is 0 Å². The monoisotopic (exact) mass is 270 g/mol. The molecule has 0 radical (unpaired) electrons. The number of rotatable bonds is 4. The van der Waals surface area contributed by atoms with Crippen molar-refractivity contribution in [2.75, 3.05) is 0 Å². The van der Waals surface area contributed by atoms with E-state index in [4.69, 9.17) is 10.8 Å². The van der Waals surface area contributed by atoms with Crippen LogP contribution in [0.4, 0.5) is 0 Å². The van der Waals surface area contributed by atoms with Crippen LogP contribution in [0.25, 0.3) is 0 Å². The molecule has 1 unspecified atom stereocenters. The van der Waals surface area contributed by atoms with Gasteiger partial charge in [-0.1, -0.05) is 18.9 Å². The molecule has 1 fully saturated rings. The highest BCUT2D eigenvalue weighted by Crippen LogP contribution is 2.29. The number of nitrogens with two attached hydrogens (primary N) is 1. The van der Waals surface area contributed by atoms with Gasteiger partial charge in [-0.25, -0.2) is 0 Å². The number of aromatic nitrogens is 3. The van der Waals surface area contributed by atoms with Gasteiger partial charge in [-0.05, 0) is 37.5 Å². The van der Waals surface area contributed by atoms with Gasteiger partial charge in [-0.15, -0.1) is 0 Å². The molecule has 0 aromatic carbocycles. The van der Waals surface area contributed by atoms with E-state index in [1.165, 1.54) is 25.7 Å². The lowest BCUT2D eigenvalue weighted by Gasteiger charge is -2.12. The number of hydrogen-bond acceptors (Lipinski definition) is 3. The van der Waals surface area contributed by atoms with Gasteiger partial charge in [0, 0.05) is 18.8 Å². The van der Waals surface area contributed by atoms with E-state index in [1.807, 2.05) is 6.07 Å². The van der Waals surface area contributed by atoms with Crippen molar-refractivity contribution in [2.45, 2.75) is 51.1 Å². The summed E-state index contributed by atoms with van der Waals surface area (Å²) in [5.41, 5.74) is 9.47. The van der Waals surface area contributed by atoms with Gasteiger partial charge in [0.05, 0.1) is 23.5 Å². The summed E-state index contributed by atoms with van der Waals surface area (Å²) in [6.07, 6.45) is 9.82. The zero-order valence-electron chi connectivity index (χ0n) is 12.0. The van der Waals surface area contributed by atoms with Crippen LogP contribution in [0.5, 0.6) is 0 Å². The Morgan fingerprint density at radius 2 is 2.15 bits per heavy atom. The maximum Gasteiger partial charge on any atom is 0.0644 e. The summed E-state index contributed by atoms with van der Waals surface area (Å²) in [6.45, 7) is 2.05. The molecule has 1 aliphatic rings. The molecule has 4 heteroatoms. The minimum Gasteiger partial charge on any atom is -0.322 e. The van der Waals surface area contributed by atoms with E-state index in [-0.39, 0.29) is 6.04 Å². The van der Waals surface area contributed by atoms with E-state index in [2.05, 4.69) is 34.9 Å².